The van der Waals surface area contributed by atoms with Gasteiger partial charge in [-0.25, -0.2) is 0 Å². The maximum absolute atomic E-state index is 5.86. The van der Waals surface area contributed by atoms with Crippen molar-refractivity contribution in [3.8, 4) is 5.75 Å². The molecule has 0 saturated heterocycles. The lowest BCUT2D eigenvalue weighted by atomic mass is 10.1. The Hall–Kier alpha value is -0.780. The summed E-state index contributed by atoms with van der Waals surface area (Å²) in [5.74, 6) is 0.858. The summed E-state index contributed by atoms with van der Waals surface area (Å²) in [4.78, 5) is 2.41. The van der Waals surface area contributed by atoms with Gasteiger partial charge in [-0.15, -0.1) is 0 Å². The van der Waals surface area contributed by atoms with Crippen LogP contribution in [0, 0.1) is 0 Å². The van der Waals surface area contributed by atoms with Crippen LogP contribution in [0.2, 0.25) is 0 Å². The second-order valence-corrected chi connectivity index (χ2v) is 5.57. The van der Waals surface area contributed by atoms with Gasteiger partial charge in [0.1, 0.15) is 5.75 Å². The summed E-state index contributed by atoms with van der Waals surface area (Å²) in [6, 6.07) is 3.91. The third-order valence-electron chi connectivity index (χ3n) is 3.47. The lowest BCUT2D eigenvalue weighted by molar-refractivity contribution is 0.303. The molecule has 20 heavy (non-hydrogen) atoms. The van der Waals surface area contributed by atoms with Gasteiger partial charge in [0, 0.05) is 29.3 Å². The van der Waals surface area contributed by atoms with E-state index in [1.165, 1.54) is 5.56 Å². The lowest BCUT2D eigenvalue weighted by Crippen LogP contribution is -2.32. The fourth-order valence-electron chi connectivity index (χ4n) is 2.12. The van der Waals surface area contributed by atoms with E-state index in [0.717, 1.165) is 49.4 Å². The summed E-state index contributed by atoms with van der Waals surface area (Å²) in [7, 11) is 1.68. The van der Waals surface area contributed by atoms with Gasteiger partial charge in [-0.2, -0.15) is 0 Å². The van der Waals surface area contributed by atoms with Crippen molar-refractivity contribution < 1.29 is 4.74 Å². The Morgan fingerprint density at radius 3 is 2.55 bits per heavy atom. The van der Waals surface area contributed by atoms with Crippen LogP contribution < -0.4 is 15.8 Å². The van der Waals surface area contributed by atoms with E-state index in [0.29, 0.717) is 5.69 Å². The fraction of sp³-hybridized carbons (Fsp3) is 0.600. The number of anilines is 1. The number of halogens is 1. The van der Waals surface area contributed by atoms with Crippen LogP contribution >= 0.6 is 15.9 Å². The average Bonchev–Trinajstić information content (AvgIpc) is 2.46. The molecule has 0 unspecified atom stereocenters. The minimum Gasteiger partial charge on any atom is -0.496 e. The largest absolute Gasteiger partial charge is 0.496 e. The van der Waals surface area contributed by atoms with Crippen LogP contribution in [0.15, 0.2) is 16.6 Å². The Balaban J connectivity index is 2.40. The molecule has 0 radical (unpaired) electrons. The molecule has 0 aliphatic carbocycles. The van der Waals surface area contributed by atoms with Gasteiger partial charge in [0.05, 0.1) is 7.11 Å². The van der Waals surface area contributed by atoms with E-state index in [4.69, 9.17) is 10.5 Å². The van der Waals surface area contributed by atoms with Crippen LogP contribution in [0.5, 0.6) is 5.75 Å². The molecule has 0 saturated carbocycles. The van der Waals surface area contributed by atoms with Crippen molar-refractivity contribution >= 4 is 21.6 Å². The molecule has 0 atom stereocenters. The maximum Gasteiger partial charge on any atom is 0.124 e. The molecule has 0 spiro atoms. The van der Waals surface area contributed by atoms with Gasteiger partial charge in [0.15, 0.2) is 0 Å². The molecular weight excluding hydrogens is 318 g/mol. The van der Waals surface area contributed by atoms with E-state index >= 15 is 0 Å². The van der Waals surface area contributed by atoms with Crippen molar-refractivity contribution in [1.29, 1.82) is 0 Å². The van der Waals surface area contributed by atoms with E-state index in [1.54, 1.807) is 7.11 Å². The summed E-state index contributed by atoms with van der Waals surface area (Å²) in [6.45, 7) is 9.65. The topological polar surface area (TPSA) is 50.5 Å². The van der Waals surface area contributed by atoms with Crippen LogP contribution in [0.4, 0.5) is 5.69 Å². The molecule has 3 N–H and O–H groups in total. The number of rotatable bonds is 9. The third kappa shape index (κ3) is 5.31. The highest BCUT2D eigenvalue weighted by atomic mass is 79.9. The molecule has 4 nitrogen and oxygen atoms in total. The summed E-state index contributed by atoms with van der Waals surface area (Å²) in [5, 5.41) is 3.47. The van der Waals surface area contributed by atoms with Crippen LogP contribution in [0.3, 0.4) is 0 Å². The van der Waals surface area contributed by atoms with Crippen LogP contribution in [0.25, 0.3) is 0 Å². The Bertz CT molecular complexity index is 408. The molecule has 0 amide bonds. The van der Waals surface area contributed by atoms with Crippen molar-refractivity contribution in [1.82, 2.24) is 10.2 Å². The van der Waals surface area contributed by atoms with Gasteiger partial charge >= 0.3 is 0 Å². The molecule has 0 aliphatic heterocycles. The predicted molar refractivity (Wildman–Crippen MR) is 89.5 cm³/mol. The molecular formula is C15H26BrN3O. The van der Waals surface area contributed by atoms with Crippen molar-refractivity contribution in [2.24, 2.45) is 0 Å². The predicted octanol–water partition coefficient (Wildman–Crippen LogP) is 2.51. The number of nitrogens with zero attached hydrogens (tertiary/aromatic N) is 1. The number of nitrogens with two attached hydrogens (primary N) is 1. The molecule has 0 bridgehead atoms. The van der Waals surface area contributed by atoms with Gasteiger partial charge < -0.3 is 20.7 Å². The first-order valence-corrected chi connectivity index (χ1v) is 7.96. The van der Waals surface area contributed by atoms with Gasteiger partial charge in [-0.1, -0.05) is 13.8 Å². The summed E-state index contributed by atoms with van der Waals surface area (Å²) >= 11 is 3.46. The fourth-order valence-corrected chi connectivity index (χ4v) is 2.51. The Kier molecular flexibility index (Phi) is 7.95. The average molecular weight is 344 g/mol. The quantitative estimate of drug-likeness (QED) is 0.534. The van der Waals surface area contributed by atoms with Crippen molar-refractivity contribution in [2.45, 2.75) is 20.3 Å². The number of nitrogen functional groups attached to an aromatic ring is 1. The molecule has 1 aromatic carbocycles. The van der Waals surface area contributed by atoms with Crippen molar-refractivity contribution in [2.75, 3.05) is 45.6 Å². The zero-order valence-electron chi connectivity index (χ0n) is 12.7. The van der Waals surface area contributed by atoms with E-state index < -0.39 is 0 Å². The van der Waals surface area contributed by atoms with E-state index in [1.807, 2.05) is 12.1 Å². The third-order valence-corrected chi connectivity index (χ3v) is 4.16. The molecule has 5 heteroatoms. The number of likely N-dealkylation sites (N-methyl/N-ethyl adjacent to an activating group) is 1. The van der Waals surface area contributed by atoms with Crippen LogP contribution in [0.1, 0.15) is 19.4 Å². The molecule has 1 rings (SSSR count). The molecule has 1 aromatic rings. The minimum absolute atomic E-state index is 0.708. The zero-order valence-corrected chi connectivity index (χ0v) is 14.3. The van der Waals surface area contributed by atoms with Crippen molar-refractivity contribution in [3.05, 3.63) is 22.2 Å². The highest BCUT2D eigenvalue weighted by Gasteiger charge is 2.07. The normalized spacial score (nSPS) is 11.1. The Labute approximate surface area is 130 Å². The maximum atomic E-state index is 5.86. The van der Waals surface area contributed by atoms with E-state index in [2.05, 4.69) is 40.0 Å². The SMILES string of the molecule is CCN(CC)CCNCCc1cc(Br)c(N)cc1OC. The Morgan fingerprint density at radius 1 is 1.25 bits per heavy atom. The number of hydrogen-bond acceptors (Lipinski definition) is 4. The molecule has 0 fully saturated rings. The van der Waals surface area contributed by atoms with E-state index in [9.17, 15) is 0 Å². The first kappa shape index (κ1) is 17.3. The van der Waals surface area contributed by atoms with Crippen LogP contribution in [-0.4, -0.2) is 44.7 Å². The van der Waals surface area contributed by atoms with Gasteiger partial charge in [0.25, 0.3) is 0 Å². The number of methoxy groups -OCH3 is 1. The van der Waals surface area contributed by atoms with Crippen LogP contribution in [-0.2, 0) is 6.42 Å². The van der Waals surface area contributed by atoms with Gasteiger partial charge in [0.2, 0.25) is 0 Å². The van der Waals surface area contributed by atoms with E-state index in [-0.39, 0.29) is 0 Å². The standard InChI is InChI=1S/C15H26BrN3O/c1-4-19(5-2)9-8-18-7-6-12-10-13(16)14(17)11-15(12)20-3/h10-11,18H,4-9,17H2,1-3H3. The highest BCUT2D eigenvalue weighted by molar-refractivity contribution is 9.10. The van der Waals surface area contributed by atoms with Crippen molar-refractivity contribution in [3.63, 3.8) is 0 Å². The lowest BCUT2D eigenvalue weighted by Gasteiger charge is -2.18. The second-order valence-electron chi connectivity index (χ2n) is 4.71. The number of hydrogen-bond donors (Lipinski definition) is 2. The number of ether oxygens (including phenoxy) is 1. The summed E-state index contributed by atoms with van der Waals surface area (Å²) in [6.07, 6.45) is 0.931. The first-order valence-electron chi connectivity index (χ1n) is 7.17. The smallest absolute Gasteiger partial charge is 0.124 e. The Morgan fingerprint density at radius 2 is 1.95 bits per heavy atom. The van der Waals surface area contributed by atoms with Gasteiger partial charge in [-0.3, -0.25) is 0 Å². The highest BCUT2D eigenvalue weighted by Crippen LogP contribution is 2.29. The monoisotopic (exact) mass is 343 g/mol. The number of benzene rings is 1. The summed E-state index contributed by atoms with van der Waals surface area (Å²) in [5.41, 5.74) is 7.74. The molecule has 114 valence electrons. The molecule has 0 heterocycles. The zero-order chi connectivity index (χ0) is 15.0. The first-order chi connectivity index (χ1) is 9.62. The minimum atomic E-state index is 0.708. The molecule has 0 aliphatic rings. The number of nitrogens with one attached hydrogen (secondary N) is 1. The molecule has 0 aromatic heterocycles. The van der Waals surface area contributed by atoms with Gasteiger partial charge in [-0.05, 0) is 53.6 Å². The second kappa shape index (κ2) is 9.21. The summed E-state index contributed by atoms with van der Waals surface area (Å²) < 4.78 is 6.30.